The molecule has 12 rings (SSSR count). The van der Waals surface area contributed by atoms with E-state index in [-0.39, 0.29) is 109 Å². The molecule has 620 valence electrons. The molecular weight excluding hydrogens is 1670 g/mol. The third-order valence-electron chi connectivity index (χ3n) is 23.0. The summed E-state index contributed by atoms with van der Waals surface area (Å²) >= 11 is 0. The van der Waals surface area contributed by atoms with Gasteiger partial charge in [0.1, 0.15) is 0 Å². The van der Waals surface area contributed by atoms with Crippen LogP contribution in [0.2, 0.25) is 0 Å². The van der Waals surface area contributed by atoms with Crippen LogP contribution >= 0.6 is 31.7 Å². The maximum atomic E-state index is 2.53. The van der Waals surface area contributed by atoms with Crippen molar-refractivity contribution in [2.24, 2.45) is 0 Å². The molecule has 0 aromatic heterocycles. The minimum atomic E-state index is -0.0171. The number of fused-ring (bicyclic) bond motifs is 4. The fourth-order valence-electron chi connectivity index (χ4n) is 16.4. The molecule has 0 spiro atoms. The third kappa shape index (κ3) is 34.2. The molecule has 0 aliphatic carbocycles. The standard InChI is InChI=1S/4C27H36P.2ClH.2Zr/c4*1-3-5-7-12-19-28(20-13-8-6-4-2)25-21-24-17-14-18-26(27(24)22-25)23-15-10-9-11-16-23;;;;/h4*9-11,14-18,21-22H,3-8,12-13,19-20H2,1-2H3;2*1H;;/q4*-1;;;2*+2/p-2. The van der Waals surface area contributed by atoms with E-state index in [4.69, 9.17) is 0 Å². The summed E-state index contributed by atoms with van der Waals surface area (Å²) in [6.45, 7) is 18.5. The van der Waals surface area contributed by atoms with E-state index in [1.165, 1.54) is 342 Å². The predicted molar refractivity (Wildman–Crippen MR) is 518 cm³/mol. The van der Waals surface area contributed by atoms with Crippen LogP contribution in [0, 0.1) is 0 Å². The van der Waals surface area contributed by atoms with Gasteiger partial charge in [-0.05, 0) is 123 Å². The second kappa shape index (κ2) is 61.5. The second-order valence-corrected chi connectivity index (χ2v) is 41.9. The maximum Gasteiger partial charge on any atom is 2.00 e. The number of hydrogen-bond donors (Lipinski definition) is 0. The summed E-state index contributed by atoms with van der Waals surface area (Å²) in [6.07, 6.45) is 55.5. The second-order valence-electron chi connectivity index (χ2n) is 32.0. The first-order valence-electron chi connectivity index (χ1n) is 45.3. The van der Waals surface area contributed by atoms with E-state index in [2.05, 4.69) is 298 Å². The number of benzene rings is 8. The predicted octanol–water partition coefficient (Wildman–Crippen LogP) is 28.0. The summed E-state index contributed by atoms with van der Waals surface area (Å²) in [5.41, 5.74) is 10.9. The van der Waals surface area contributed by atoms with Crippen molar-refractivity contribution in [3.8, 4) is 44.5 Å². The van der Waals surface area contributed by atoms with Crippen molar-refractivity contribution in [1.82, 2.24) is 0 Å². The summed E-state index contributed by atoms with van der Waals surface area (Å²) in [5.74, 6) is 0. The van der Waals surface area contributed by atoms with Crippen molar-refractivity contribution in [3.63, 3.8) is 0 Å². The Morgan fingerprint density at radius 3 is 0.509 bits per heavy atom. The molecule has 0 heterocycles. The van der Waals surface area contributed by atoms with Crippen molar-refractivity contribution < 1.29 is 77.2 Å². The molecule has 0 radical (unpaired) electrons. The van der Waals surface area contributed by atoms with Gasteiger partial charge in [-0.3, -0.25) is 0 Å². The van der Waals surface area contributed by atoms with Gasteiger partial charge in [0.15, 0.2) is 0 Å². The van der Waals surface area contributed by atoms with Crippen LogP contribution in [0.5, 0.6) is 0 Å². The molecule has 0 fully saturated rings. The smallest absolute Gasteiger partial charge is 1.00 e. The van der Waals surface area contributed by atoms with Crippen LogP contribution in [0.3, 0.4) is 0 Å². The van der Waals surface area contributed by atoms with Crippen LogP contribution in [-0.2, 0) is 52.4 Å². The first-order valence-corrected chi connectivity index (χ1v) is 52.2. The maximum absolute atomic E-state index is 2.53. The normalized spacial score (nSPS) is 11.1. The van der Waals surface area contributed by atoms with Crippen molar-refractivity contribution in [2.45, 2.75) is 261 Å². The van der Waals surface area contributed by atoms with Crippen LogP contribution in [0.15, 0.2) is 243 Å². The minimum absolute atomic E-state index is 0. The van der Waals surface area contributed by atoms with Crippen molar-refractivity contribution >= 4 is 96.0 Å². The Labute approximate surface area is 763 Å². The van der Waals surface area contributed by atoms with Crippen molar-refractivity contribution in [2.75, 3.05) is 49.3 Å². The Morgan fingerprint density at radius 2 is 0.353 bits per heavy atom. The first kappa shape index (κ1) is 103. The summed E-state index contributed by atoms with van der Waals surface area (Å²) in [5, 5.41) is 18.0. The molecule has 0 nitrogen and oxygen atoms in total. The quantitative estimate of drug-likeness (QED) is 0.0203. The SMILES string of the molecule is CCCCCCP(CCCCCC)c1cc2c(-c3ccccc3)cccc2[cH-]1.CCCCCCP(CCCCCC)c1cc2c(-c3ccccc3)cccc2[cH-]1.CCCCCCP(CCCCCC)c1cc2c(-c3ccccc3)cccc2[cH-]1.CCCCCCP(CCCCCC)c1cc2c(-c3ccccc3)cccc2[cH-]1.[Cl-].[Cl-].[Zr+2].[Zr+2]. The van der Waals surface area contributed by atoms with Gasteiger partial charge in [-0.1, -0.05) is 409 Å². The molecular formula is C108H144Cl2P4Zr2-2. The Bertz CT molecular complexity index is 3810. The Morgan fingerprint density at radius 1 is 0.190 bits per heavy atom. The van der Waals surface area contributed by atoms with E-state index < -0.39 is 0 Å². The van der Waals surface area contributed by atoms with E-state index in [0.717, 1.165) is 0 Å². The van der Waals surface area contributed by atoms with E-state index in [1.54, 1.807) is 21.2 Å². The third-order valence-corrected chi connectivity index (χ3v) is 33.8. The Kier molecular flexibility index (Phi) is 54.5. The molecule has 0 amide bonds. The van der Waals surface area contributed by atoms with Crippen LogP contribution in [0.1, 0.15) is 261 Å². The molecule has 0 aliphatic heterocycles. The largest absolute Gasteiger partial charge is 2.00 e. The van der Waals surface area contributed by atoms with E-state index in [1.807, 2.05) is 0 Å². The molecule has 0 atom stereocenters. The zero-order valence-corrected chi connectivity index (χ0v) is 82.9. The number of unbranched alkanes of at least 4 members (excludes halogenated alkanes) is 24. The van der Waals surface area contributed by atoms with Gasteiger partial charge in [0.25, 0.3) is 0 Å². The first-order chi connectivity index (χ1) is 55.3. The summed E-state index contributed by atoms with van der Waals surface area (Å²) in [4.78, 5) is 0. The van der Waals surface area contributed by atoms with Crippen LogP contribution < -0.4 is 46.0 Å². The summed E-state index contributed by atoms with van der Waals surface area (Å²) in [7, 11) is -0.0684. The van der Waals surface area contributed by atoms with E-state index in [9.17, 15) is 0 Å². The molecule has 0 saturated heterocycles. The topological polar surface area (TPSA) is 0 Å². The molecule has 8 heteroatoms. The zero-order chi connectivity index (χ0) is 78.4. The molecule has 0 saturated carbocycles. The monoisotopic (exact) mass is 1810 g/mol. The number of halogens is 2. The van der Waals surface area contributed by atoms with Crippen LogP contribution in [-0.4, -0.2) is 49.3 Å². The molecule has 0 unspecified atom stereocenters. The zero-order valence-electron chi connectivity index (χ0n) is 72.9. The van der Waals surface area contributed by atoms with E-state index in [0.29, 0.717) is 0 Å². The number of rotatable bonds is 48. The van der Waals surface area contributed by atoms with Crippen LogP contribution in [0.25, 0.3) is 87.6 Å². The van der Waals surface area contributed by atoms with Gasteiger partial charge in [-0.2, -0.15) is 24.3 Å². The van der Waals surface area contributed by atoms with Gasteiger partial charge >= 0.3 is 52.4 Å². The molecule has 0 N–H and O–H groups in total. The fourth-order valence-corrected chi connectivity index (χ4v) is 26.7. The molecule has 0 bridgehead atoms. The van der Waals surface area contributed by atoms with Gasteiger partial charge < -0.3 is 24.8 Å². The van der Waals surface area contributed by atoms with Crippen molar-refractivity contribution in [3.05, 3.63) is 243 Å². The molecule has 0 aliphatic rings. The van der Waals surface area contributed by atoms with Gasteiger partial charge in [0.05, 0.1) is 0 Å². The van der Waals surface area contributed by atoms with Crippen molar-refractivity contribution in [1.29, 1.82) is 0 Å². The van der Waals surface area contributed by atoms with Gasteiger partial charge in [0, 0.05) is 0 Å². The summed E-state index contributed by atoms with van der Waals surface area (Å²) in [6, 6.07) is 90.8. The van der Waals surface area contributed by atoms with Gasteiger partial charge in [0.2, 0.25) is 0 Å². The Balaban J connectivity index is 0.000000273. The van der Waals surface area contributed by atoms with Gasteiger partial charge in [-0.25, -0.2) is 0 Å². The number of hydrogen-bond acceptors (Lipinski definition) is 0. The average molecular weight is 1820 g/mol. The summed E-state index contributed by atoms with van der Waals surface area (Å²) < 4.78 is 0. The molecule has 116 heavy (non-hydrogen) atoms. The van der Waals surface area contributed by atoms with Gasteiger partial charge in [-0.15, -0.1) is 137 Å². The van der Waals surface area contributed by atoms with E-state index >= 15 is 0 Å². The molecule has 12 aromatic rings. The molecule has 12 aromatic carbocycles. The Hall–Kier alpha value is -3.73. The fraction of sp³-hybridized carbons (Fsp3) is 0.444. The average Bonchev–Trinajstić information content (AvgIpc) is 1.66. The van der Waals surface area contributed by atoms with Crippen LogP contribution in [0.4, 0.5) is 0 Å². The minimum Gasteiger partial charge on any atom is -1.00 e.